The summed E-state index contributed by atoms with van der Waals surface area (Å²) < 4.78 is 5.78. The van der Waals surface area contributed by atoms with Crippen LogP contribution in [0.15, 0.2) is 10.9 Å². The van der Waals surface area contributed by atoms with Crippen molar-refractivity contribution in [1.82, 2.24) is 14.9 Å². The molecule has 3 atom stereocenters. The summed E-state index contributed by atoms with van der Waals surface area (Å²) in [6.07, 6.45) is 2.22. The van der Waals surface area contributed by atoms with Crippen molar-refractivity contribution < 1.29 is 14.6 Å². The molecular weight excluding hydrogens is 322 g/mol. The van der Waals surface area contributed by atoms with Crippen LogP contribution in [-0.2, 0) is 10.2 Å². The van der Waals surface area contributed by atoms with Crippen LogP contribution >= 0.6 is 0 Å². The van der Waals surface area contributed by atoms with Crippen molar-refractivity contribution >= 4 is 5.91 Å². The molecule has 2 N–H and O–H groups in total. The highest BCUT2D eigenvalue weighted by Gasteiger charge is 2.52. The van der Waals surface area contributed by atoms with Crippen molar-refractivity contribution in [3.8, 4) is 0 Å². The Morgan fingerprint density at radius 1 is 1.44 bits per heavy atom. The molecule has 0 bridgehead atoms. The average Bonchev–Trinajstić information content (AvgIpc) is 2.92. The van der Waals surface area contributed by atoms with Crippen LogP contribution in [0.4, 0.5) is 0 Å². The molecule has 1 amide bonds. The Hall–Kier alpha value is -1.73. The number of ether oxygens (including phenoxy) is 1. The van der Waals surface area contributed by atoms with Crippen LogP contribution < -0.4 is 5.69 Å². The number of nitrogens with one attached hydrogen (secondary N) is 1. The first kappa shape index (κ1) is 18.1. The third kappa shape index (κ3) is 3.22. The molecular formula is C18H27N3O4. The number of aromatic amines is 1. The molecule has 0 spiro atoms. The van der Waals surface area contributed by atoms with Gasteiger partial charge in [0.05, 0.1) is 17.7 Å². The van der Waals surface area contributed by atoms with Crippen LogP contribution in [0.2, 0.25) is 0 Å². The van der Waals surface area contributed by atoms with Gasteiger partial charge in [0, 0.05) is 24.8 Å². The number of methoxy groups -OCH3 is 1. The Morgan fingerprint density at radius 2 is 2.16 bits per heavy atom. The number of carbonyl (C=O) groups is 1. The molecule has 0 radical (unpaired) electrons. The van der Waals surface area contributed by atoms with Gasteiger partial charge in [0.2, 0.25) is 0 Å². The Morgan fingerprint density at radius 3 is 2.80 bits per heavy atom. The lowest BCUT2D eigenvalue weighted by atomic mass is 9.79. The van der Waals surface area contributed by atoms with E-state index in [1.807, 2.05) is 20.8 Å². The lowest BCUT2D eigenvalue weighted by Crippen LogP contribution is -2.53. The van der Waals surface area contributed by atoms with E-state index in [1.54, 1.807) is 18.1 Å². The number of carbonyl (C=O) groups excluding carboxylic acids is 1. The maximum Gasteiger partial charge on any atom is 0.345 e. The first-order valence-electron chi connectivity index (χ1n) is 8.82. The van der Waals surface area contributed by atoms with E-state index in [0.29, 0.717) is 25.1 Å². The molecule has 0 aromatic carbocycles. The number of amides is 1. The highest BCUT2D eigenvalue weighted by molar-refractivity contribution is 5.93. The summed E-state index contributed by atoms with van der Waals surface area (Å²) in [5.74, 6) is -0.269. The minimum Gasteiger partial charge on any atom is -0.393 e. The van der Waals surface area contributed by atoms with Gasteiger partial charge < -0.3 is 19.7 Å². The number of fused-ring (bicyclic) bond motifs is 1. The monoisotopic (exact) mass is 349 g/mol. The molecule has 1 aliphatic carbocycles. The predicted molar refractivity (Wildman–Crippen MR) is 92.6 cm³/mol. The minimum atomic E-state index is -0.517. The van der Waals surface area contributed by atoms with E-state index in [2.05, 4.69) is 9.97 Å². The molecule has 1 saturated carbocycles. The standard InChI is InChI=1S/C18H27N3O4/c1-17(2,3)13-10-12(19-16(24)20-13)15(23)21-8-7-18(25-4)6-5-11(22)9-14(18)21/h10-11,14,22H,5-9H2,1-4H3,(H,19,20,24)/t11-,14+,18-/m1/s1. The number of rotatable bonds is 2. The number of hydrogen-bond acceptors (Lipinski definition) is 5. The summed E-state index contributed by atoms with van der Waals surface area (Å²) in [7, 11) is 1.67. The fraction of sp³-hybridized carbons (Fsp3) is 0.722. The van der Waals surface area contributed by atoms with Gasteiger partial charge in [-0.05, 0) is 31.7 Å². The maximum absolute atomic E-state index is 13.1. The number of H-pyrrole nitrogens is 1. The van der Waals surface area contributed by atoms with Gasteiger partial charge in [-0.2, -0.15) is 4.98 Å². The SMILES string of the molecule is CO[C@@]12CC[C@@H](O)C[C@@H]1N(C(=O)c1cc(C(C)(C)C)[nH]c(=O)n1)CC2. The summed E-state index contributed by atoms with van der Waals surface area (Å²) >= 11 is 0. The van der Waals surface area contributed by atoms with Crippen molar-refractivity contribution in [3.63, 3.8) is 0 Å². The third-order valence-corrected chi connectivity index (χ3v) is 5.59. The molecule has 25 heavy (non-hydrogen) atoms. The van der Waals surface area contributed by atoms with Crippen LogP contribution in [-0.4, -0.2) is 57.3 Å². The van der Waals surface area contributed by atoms with Crippen molar-refractivity contribution in [2.24, 2.45) is 0 Å². The molecule has 138 valence electrons. The molecule has 1 aromatic rings. The molecule has 1 aliphatic heterocycles. The zero-order valence-electron chi connectivity index (χ0n) is 15.3. The number of likely N-dealkylation sites (tertiary alicyclic amines) is 1. The minimum absolute atomic E-state index is 0.153. The molecule has 2 aliphatic rings. The molecule has 0 unspecified atom stereocenters. The topological polar surface area (TPSA) is 95.5 Å². The smallest absolute Gasteiger partial charge is 0.345 e. The van der Waals surface area contributed by atoms with Crippen molar-refractivity contribution in [2.75, 3.05) is 13.7 Å². The molecule has 1 saturated heterocycles. The predicted octanol–water partition coefficient (Wildman–Crippen LogP) is 1.21. The Balaban J connectivity index is 1.94. The highest BCUT2D eigenvalue weighted by atomic mass is 16.5. The van der Waals surface area contributed by atoms with E-state index in [9.17, 15) is 14.7 Å². The molecule has 2 fully saturated rings. The van der Waals surface area contributed by atoms with Crippen molar-refractivity contribution in [3.05, 3.63) is 27.9 Å². The van der Waals surface area contributed by atoms with E-state index in [0.717, 1.165) is 12.8 Å². The summed E-state index contributed by atoms with van der Waals surface area (Å²) in [6, 6.07) is 1.48. The van der Waals surface area contributed by atoms with Gasteiger partial charge in [0.15, 0.2) is 0 Å². The average molecular weight is 349 g/mol. The number of nitrogens with zero attached hydrogens (tertiary/aromatic N) is 2. The molecule has 7 nitrogen and oxygen atoms in total. The molecule has 2 heterocycles. The van der Waals surface area contributed by atoms with Gasteiger partial charge in [0.1, 0.15) is 5.69 Å². The van der Waals surface area contributed by atoms with Crippen LogP contribution in [0.5, 0.6) is 0 Å². The Labute approximate surface area is 147 Å². The summed E-state index contributed by atoms with van der Waals surface area (Å²) in [5.41, 5.74) is -0.378. The van der Waals surface area contributed by atoms with Gasteiger partial charge in [-0.3, -0.25) is 4.79 Å². The second kappa shape index (κ2) is 6.21. The number of aliphatic hydroxyl groups excluding tert-OH is 1. The zero-order chi connectivity index (χ0) is 18.4. The van der Waals surface area contributed by atoms with Gasteiger partial charge in [-0.1, -0.05) is 20.8 Å². The van der Waals surface area contributed by atoms with E-state index >= 15 is 0 Å². The van der Waals surface area contributed by atoms with Crippen LogP contribution in [0.25, 0.3) is 0 Å². The van der Waals surface area contributed by atoms with Crippen LogP contribution in [0.3, 0.4) is 0 Å². The number of aliphatic hydroxyl groups is 1. The summed E-state index contributed by atoms with van der Waals surface area (Å²) in [4.78, 5) is 33.3. The lowest BCUT2D eigenvalue weighted by molar-refractivity contribution is -0.0824. The molecule has 7 heteroatoms. The van der Waals surface area contributed by atoms with Crippen molar-refractivity contribution in [2.45, 2.75) is 69.6 Å². The summed E-state index contributed by atoms with van der Waals surface area (Å²) in [6.45, 7) is 6.45. The number of hydrogen-bond donors (Lipinski definition) is 2. The maximum atomic E-state index is 13.1. The first-order chi connectivity index (χ1) is 11.7. The fourth-order valence-corrected chi connectivity index (χ4v) is 4.04. The second-order valence-corrected chi connectivity index (χ2v) is 8.20. The Kier molecular flexibility index (Phi) is 4.49. The van der Waals surface area contributed by atoms with Gasteiger partial charge >= 0.3 is 5.69 Å². The van der Waals surface area contributed by atoms with Crippen LogP contribution in [0, 0.1) is 0 Å². The largest absolute Gasteiger partial charge is 0.393 e. The third-order valence-electron chi connectivity index (χ3n) is 5.59. The molecule has 3 rings (SSSR count). The van der Waals surface area contributed by atoms with Gasteiger partial charge in [0.25, 0.3) is 5.91 Å². The van der Waals surface area contributed by atoms with E-state index < -0.39 is 17.4 Å². The number of aromatic nitrogens is 2. The zero-order valence-corrected chi connectivity index (χ0v) is 15.3. The van der Waals surface area contributed by atoms with E-state index in [1.165, 1.54) is 0 Å². The van der Waals surface area contributed by atoms with E-state index in [-0.39, 0.29) is 23.1 Å². The van der Waals surface area contributed by atoms with Crippen molar-refractivity contribution in [1.29, 1.82) is 0 Å². The quantitative estimate of drug-likeness (QED) is 0.837. The lowest BCUT2D eigenvalue weighted by Gasteiger charge is -2.42. The van der Waals surface area contributed by atoms with E-state index in [4.69, 9.17) is 4.74 Å². The fourth-order valence-electron chi connectivity index (χ4n) is 4.04. The van der Waals surface area contributed by atoms with Gasteiger partial charge in [-0.15, -0.1) is 0 Å². The van der Waals surface area contributed by atoms with Gasteiger partial charge in [-0.25, -0.2) is 4.79 Å². The van der Waals surface area contributed by atoms with Crippen LogP contribution in [0.1, 0.15) is 62.6 Å². The normalized spacial score (nSPS) is 29.6. The second-order valence-electron chi connectivity index (χ2n) is 8.20. The first-order valence-corrected chi connectivity index (χ1v) is 8.82. The Bertz CT molecular complexity index is 724. The molecule has 1 aromatic heterocycles. The summed E-state index contributed by atoms with van der Waals surface area (Å²) in [5, 5.41) is 10.1. The highest BCUT2D eigenvalue weighted by Crippen LogP contribution is 2.42.